The number of rotatable bonds is 4. The van der Waals surface area contributed by atoms with E-state index in [0.29, 0.717) is 22.0 Å². The van der Waals surface area contributed by atoms with Gasteiger partial charge in [-0.2, -0.15) is 0 Å². The van der Waals surface area contributed by atoms with Crippen LogP contribution in [0.15, 0.2) is 41.4 Å². The van der Waals surface area contributed by atoms with Gasteiger partial charge in [0.2, 0.25) is 6.79 Å². The Labute approximate surface area is 170 Å². The Hall–Kier alpha value is -2.91. The Morgan fingerprint density at radius 2 is 2.11 bits per heavy atom. The van der Waals surface area contributed by atoms with E-state index >= 15 is 0 Å². The number of pyridine rings is 1. The molecule has 2 aliphatic heterocycles. The highest BCUT2D eigenvalue weighted by Crippen LogP contribution is 2.36. The molecule has 0 unspecified atom stereocenters. The van der Waals surface area contributed by atoms with Crippen LogP contribution < -0.4 is 9.47 Å². The Morgan fingerprint density at radius 3 is 2.82 bits per heavy atom. The summed E-state index contributed by atoms with van der Waals surface area (Å²) in [5, 5.41) is 9.14. The van der Waals surface area contributed by atoms with Gasteiger partial charge in [-0.15, -0.1) is 0 Å². The number of carbonyl (C=O) groups is 2. The molecule has 1 aromatic carbocycles. The van der Waals surface area contributed by atoms with Crippen molar-refractivity contribution in [2.75, 3.05) is 6.79 Å². The van der Waals surface area contributed by atoms with Gasteiger partial charge in [-0.1, -0.05) is 30.0 Å². The summed E-state index contributed by atoms with van der Waals surface area (Å²) in [4.78, 5) is 29.6. The first-order chi connectivity index (χ1) is 13.4. The van der Waals surface area contributed by atoms with Gasteiger partial charge in [0, 0.05) is 11.8 Å². The van der Waals surface area contributed by atoms with E-state index in [2.05, 4.69) is 4.98 Å². The van der Waals surface area contributed by atoms with E-state index in [1.807, 2.05) is 30.3 Å². The zero-order valence-corrected chi connectivity index (χ0v) is 16.3. The van der Waals surface area contributed by atoms with Crippen molar-refractivity contribution in [3.8, 4) is 22.8 Å². The van der Waals surface area contributed by atoms with Gasteiger partial charge in [-0.05, 0) is 42.8 Å². The molecule has 1 aromatic heterocycles. The number of fused-ring (bicyclic) bond motifs is 1. The summed E-state index contributed by atoms with van der Waals surface area (Å²) in [6, 6.07) is 8.26. The number of aliphatic carboxylic acids is 1. The lowest BCUT2D eigenvalue weighted by molar-refractivity contribution is -0.144. The molecule has 2 aromatic rings. The van der Waals surface area contributed by atoms with E-state index in [4.69, 9.17) is 26.8 Å². The van der Waals surface area contributed by atoms with Crippen molar-refractivity contribution in [2.24, 2.45) is 0 Å². The summed E-state index contributed by atoms with van der Waals surface area (Å²) in [6.45, 7) is 1.64. The SMILES string of the molecule is C[C@@H](C(=O)O)N1C(=O)/C(=C\c2ccc(-c3ccc4c(c3)OCO4)nc2)SC1=S. The third kappa shape index (κ3) is 3.34. The molecule has 0 radical (unpaired) electrons. The lowest BCUT2D eigenvalue weighted by Gasteiger charge is -2.18. The summed E-state index contributed by atoms with van der Waals surface area (Å²) >= 11 is 6.24. The fraction of sp³-hybridized carbons (Fsp3) is 0.158. The van der Waals surface area contributed by atoms with Crippen LogP contribution in [0.5, 0.6) is 11.5 Å². The number of hydrogen-bond acceptors (Lipinski definition) is 7. The van der Waals surface area contributed by atoms with Gasteiger partial charge in [-0.3, -0.25) is 14.7 Å². The first kappa shape index (κ1) is 18.5. The Bertz CT molecular complexity index is 1020. The number of nitrogens with zero attached hydrogens (tertiary/aromatic N) is 2. The summed E-state index contributed by atoms with van der Waals surface area (Å²) < 4.78 is 10.9. The highest BCUT2D eigenvalue weighted by molar-refractivity contribution is 8.26. The minimum absolute atomic E-state index is 0.212. The average Bonchev–Trinajstić information content (AvgIpc) is 3.25. The largest absolute Gasteiger partial charge is 0.480 e. The second kappa shape index (κ2) is 7.25. The molecule has 0 bridgehead atoms. The number of aromatic nitrogens is 1. The maximum absolute atomic E-state index is 12.5. The van der Waals surface area contributed by atoms with Gasteiger partial charge in [-0.25, -0.2) is 4.79 Å². The highest BCUT2D eigenvalue weighted by atomic mass is 32.2. The number of benzene rings is 1. The van der Waals surface area contributed by atoms with Gasteiger partial charge in [0.1, 0.15) is 10.4 Å². The molecule has 142 valence electrons. The van der Waals surface area contributed by atoms with Crippen molar-refractivity contribution in [1.29, 1.82) is 0 Å². The van der Waals surface area contributed by atoms with Crippen molar-refractivity contribution < 1.29 is 24.2 Å². The molecule has 1 N–H and O–H groups in total. The van der Waals surface area contributed by atoms with E-state index in [1.165, 1.54) is 6.92 Å². The summed E-state index contributed by atoms with van der Waals surface area (Å²) in [5.41, 5.74) is 2.35. The van der Waals surface area contributed by atoms with E-state index < -0.39 is 17.9 Å². The minimum Gasteiger partial charge on any atom is -0.480 e. The maximum atomic E-state index is 12.5. The predicted molar refractivity (Wildman–Crippen MR) is 108 cm³/mol. The van der Waals surface area contributed by atoms with Crippen molar-refractivity contribution in [3.05, 3.63) is 47.0 Å². The van der Waals surface area contributed by atoms with Crippen LogP contribution in [0, 0.1) is 0 Å². The third-order valence-electron chi connectivity index (χ3n) is 4.32. The molecule has 1 amide bonds. The molecule has 7 nitrogen and oxygen atoms in total. The van der Waals surface area contributed by atoms with Gasteiger partial charge in [0.25, 0.3) is 5.91 Å². The van der Waals surface area contributed by atoms with Gasteiger partial charge in [0.05, 0.1) is 10.6 Å². The summed E-state index contributed by atoms with van der Waals surface area (Å²) in [6.07, 6.45) is 3.30. The Balaban J connectivity index is 1.55. The smallest absolute Gasteiger partial charge is 0.326 e. The molecule has 1 saturated heterocycles. The molecule has 1 atom stereocenters. The molecule has 9 heteroatoms. The van der Waals surface area contributed by atoms with E-state index in [9.17, 15) is 9.59 Å². The number of amides is 1. The monoisotopic (exact) mass is 414 g/mol. The lowest BCUT2D eigenvalue weighted by atomic mass is 10.1. The summed E-state index contributed by atoms with van der Waals surface area (Å²) in [5.74, 6) is -0.130. The quantitative estimate of drug-likeness (QED) is 0.603. The van der Waals surface area contributed by atoms with Gasteiger partial charge < -0.3 is 14.6 Å². The number of thiocarbonyl (C=S) groups is 1. The number of hydrogen-bond donors (Lipinski definition) is 1. The molecule has 4 rings (SSSR count). The molecular formula is C19H14N2O5S2. The number of ether oxygens (including phenoxy) is 2. The second-order valence-corrected chi connectivity index (χ2v) is 7.79. The zero-order chi connectivity index (χ0) is 19.8. The van der Waals surface area contributed by atoms with Crippen molar-refractivity contribution in [1.82, 2.24) is 9.88 Å². The molecule has 3 heterocycles. The molecular weight excluding hydrogens is 400 g/mol. The number of thioether (sulfide) groups is 1. The average molecular weight is 414 g/mol. The van der Waals surface area contributed by atoms with Crippen LogP contribution in [0.3, 0.4) is 0 Å². The molecule has 0 aliphatic carbocycles. The van der Waals surface area contributed by atoms with Crippen LogP contribution in [0.2, 0.25) is 0 Å². The zero-order valence-electron chi connectivity index (χ0n) is 14.6. The van der Waals surface area contributed by atoms with Gasteiger partial charge >= 0.3 is 5.97 Å². The Morgan fingerprint density at radius 1 is 1.32 bits per heavy atom. The van der Waals surface area contributed by atoms with Crippen LogP contribution in [-0.2, 0) is 9.59 Å². The molecule has 1 fully saturated rings. The normalized spacial score (nSPS) is 18.0. The van der Waals surface area contributed by atoms with Crippen LogP contribution in [0.25, 0.3) is 17.3 Å². The lowest BCUT2D eigenvalue weighted by Crippen LogP contribution is -2.41. The fourth-order valence-electron chi connectivity index (χ4n) is 2.79. The third-order valence-corrected chi connectivity index (χ3v) is 5.65. The number of carboxylic acid groups (broad SMARTS) is 1. The topological polar surface area (TPSA) is 89.0 Å². The predicted octanol–water partition coefficient (Wildman–Crippen LogP) is 3.15. The van der Waals surface area contributed by atoms with E-state index in [0.717, 1.165) is 27.9 Å². The van der Waals surface area contributed by atoms with Crippen LogP contribution in [0.4, 0.5) is 0 Å². The second-order valence-electron chi connectivity index (χ2n) is 6.11. The van der Waals surface area contributed by atoms with Crippen LogP contribution in [0.1, 0.15) is 12.5 Å². The molecule has 0 saturated carbocycles. The van der Waals surface area contributed by atoms with Crippen molar-refractivity contribution >= 4 is 46.3 Å². The maximum Gasteiger partial charge on any atom is 0.326 e. The minimum atomic E-state index is -1.10. The first-order valence-corrected chi connectivity index (χ1v) is 9.52. The van der Waals surface area contributed by atoms with Crippen molar-refractivity contribution in [2.45, 2.75) is 13.0 Å². The van der Waals surface area contributed by atoms with Gasteiger partial charge in [0.15, 0.2) is 11.5 Å². The van der Waals surface area contributed by atoms with E-state index in [-0.39, 0.29) is 11.1 Å². The number of carboxylic acids is 1. The standard InChI is InChI=1S/C19H14N2O5S2/c1-10(18(23)24)21-17(22)16(28-19(21)27)6-11-2-4-13(20-8-11)12-3-5-14-15(7-12)26-9-25-14/h2-8,10H,9H2,1H3,(H,23,24)/b16-6+/t10-/m0/s1. The van der Waals surface area contributed by atoms with Crippen molar-refractivity contribution in [3.63, 3.8) is 0 Å². The van der Waals surface area contributed by atoms with Crippen LogP contribution in [-0.4, -0.2) is 44.0 Å². The molecule has 2 aliphatic rings. The highest BCUT2D eigenvalue weighted by Gasteiger charge is 2.38. The fourth-order valence-corrected chi connectivity index (χ4v) is 4.21. The molecule has 28 heavy (non-hydrogen) atoms. The van der Waals surface area contributed by atoms with E-state index in [1.54, 1.807) is 12.3 Å². The number of carbonyl (C=O) groups excluding carboxylic acids is 1. The Kier molecular flexibility index (Phi) is 4.78. The summed E-state index contributed by atoms with van der Waals surface area (Å²) in [7, 11) is 0. The molecule has 0 spiro atoms. The first-order valence-electron chi connectivity index (χ1n) is 8.30. The van der Waals surface area contributed by atoms with Crippen LogP contribution >= 0.6 is 24.0 Å².